The van der Waals surface area contributed by atoms with Gasteiger partial charge in [-0.15, -0.1) is 0 Å². The van der Waals surface area contributed by atoms with Crippen LogP contribution >= 0.6 is 0 Å². The van der Waals surface area contributed by atoms with E-state index >= 15 is 0 Å². The summed E-state index contributed by atoms with van der Waals surface area (Å²) in [5.74, 6) is -0.422. The van der Waals surface area contributed by atoms with E-state index in [2.05, 4.69) is 15.3 Å². The van der Waals surface area contributed by atoms with Gasteiger partial charge in [-0.05, 0) is 12.1 Å². The third-order valence-electron chi connectivity index (χ3n) is 2.15. The molecule has 1 aromatic carbocycles. The van der Waals surface area contributed by atoms with Crippen LogP contribution in [0.15, 0.2) is 36.9 Å². The molecule has 0 unspecified atom stereocenters. The van der Waals surface area contributed by atoms with E-state index in [4.69, 9.17) is 5.73 Å². The summed E-state index contributed by atoms with van der Waals surface area (Å²) in [6.07, 6.45) is 4.84. The number of nitrogens with zero attached hydrogens (tertiary/aromatic N) is 2. The lowest BCUT2D eigenvalue weighted by molar-refractivity contribution is 0.633. The monoisotopic (exact) mass is 218 g/mol. The second-order valence-electron chi connectivity index (χ2n) is 3.30. The molecule has 0 atom stereocenters. The highest BCUT2D eigenvalue weighted by atomic mass is 19.1. The van der Waals surface area contributed by atoms with E-state index in [9.17, 15) is 4.39 Å². The lowest BCUT2D eigenvalue weighted by Crippen LogP contribution is -2.04. The maximum atomic E-state index is 13.1. The number of rotatable bonds is 3. The van der Waals surface area contributed by atoms with E-state index in [1.807, 2.05) is 0 Å². The molecule has 0 radical (unpaired) electrons. The summed E-state index contributed by atoms with van der Waals surface area (Å²) in [6.45, 7) is 0.508. The van der Waals surface area contributed by atoms with E-state index in [1.165, 1.54) is 12.4 Å². The van der Waals surface area contributed by atoms with Crippen molar-refractivity contribution in [3.05, 3.63) is 48.3 Å². The van der Waals surface area contributed by atoms with Gasteiger partial charge in [0.25, 0.3) is 0 Å². The molecule has 0 aliphatic heterocycles. The highest BCUT2D eigenvalue weighted by molar-refractivity contribution is 5.66. The van der Waals surface area contributed by atoms with Crippen LogP contribution in [0.5, 0.6) is 0 Å². The van der Waals surface area contributed by atoms with E-state index in [-0.39, 0.29) is 5.69 Å². The Morgan fingerprint density at radius 1 is 1.25 bits per heavy atom. The Kier molecular flexibility index (Phi) is 2.95. The number of para-hydroxylation sites is 1. The van der Waals surface area contributed by atoms with Crippen LogP contribution in [0.25, 0.3) is 0 Å². The number of nitrogen functional groups attached to an aromatic ring is 1. The average molecular weight is 218 g/mol. The minimum atomic E-state index is -0.422. The molecule has 2 rings (SSSR count). The fourth-order valence-corrected chi connectivity index (χ4v) is 1.31. The lowest BCUT2D eigenvalue weighted by Gasteiger charge is -2.09. The Morgan fingerprint density at radius 3 is 2.75 bits per heavy atom. The van der Waals surface area contributed by atoms with Gasteiger partial charge in [0, 0.05) is 24.5 Å². The van der Waals surface area contributed by atoms with E-state index in [0.717, 1.165) is 5.56 Å². The van der Waals surface area contributed by atoms with Crippen molar-refractivity contribution >= 4 is 11.4 Å². The molecule has 3 N–H and O–H groups in total. The summed E-state index contributed by atoms with van der Waals surface area (Å²) in [5.41, 5.74) is 7.18. The van der Waals surface area contributed by atoms with Gasteiger partial charge in [-0.2, -0.15) is 0 Å². The maximum Gasteiger partial charge on any atom is 0.148 e. The van der Waals surface area contributed by atoms with Gasteiger partial charge in [0.15, 0.2) is 0 Å². The largest absolute Gasteiger partial charge is 0.395 e. The lowest BCUT2D eigenvalue weighted by atomic mass is 10.2. The molecule has 82 valence electrons. The first-order chi connectivity index (χ1) is 7.77. The molecule has 0 bridgehead atoms. The first-order valence-electron chi connectivity index (χ1n) is 4.79. The number of hydrogen-bond acceptors (Lipinski definition) is 4. The predicted molar refractivity (Wildman–Crippen MR) is 60.2 cm³/mol. The van der Waals surface area contributed by atoms with E-state index in [0.29, 0.717) is 12.2 Å². The second kappa shape index (κ2) is 4.57. The second-order valence-corrected chi connectivity index (χ2v) is 3.30. The molecule has 0 spiro atoms. The smallest absolute Gasteiger partial charge is 0.148 e. The molecule has 0 aliphatic rings. The molecule has 2 aromatic rings. The highest BCUT2D eigenvalue weighted by Crippen LogP contribution is 2.21. The number of aromatic nitrogens is 2. The Bertz CT molecular complexity index is 473. The first-order valence-corrected chi connectivity index (χ1v) is 4.79. The summed E-state index contributed by atoms with van der Waals surface area (Å²) in [7, 11) is 0. The van der Waals surface area contributed by atoms with Crippen molar-refractivity contribution in [1.82, 2.24) is 9.97 Å². The first kappa shape index (κ1) is 10.4. The predicted octanol–water partition coefficient (Wildman–Crippen LogP) is 1.81. The van der Waals surface area contributed by atoms with Crippen LogP contribution in [0.3, 0.4) is 0 Å². The van der Waals surface area contributed by atoms with Gasteiger partial charge in [-0.25, -0.2) is 14.4 Å². The Balaban J connectivity index is 2.08. The van der Waals surface area contributed by atoms with Crippen molar-refractivity contribution in [3.8, 4) is 0 Å². The minimum Gasteiger partial charge on any atom is -0.395 e. The molecule has 1 heterocycles. The summed E-state index contributed by atoms with van der Waals surface area (Å²) in [5, 5.41) is 3.03. The molecular formula is C11H11FN4. The van der Waals surface area contributed by atoms with Crippen LogP contribution in [-0.2, 0) is 6.54 Å². The third-order valence-corrected chi connectivity index (χ3v) is 2.15. The van der Waals surface area contributed by atoms with Gasteiger partial charge >= 0.3 is 0 Å². The van der Waals surface area contributed by atoms with Crippen LogP contribution < -0.4 is 11.1 Å². The van der Waals surface area contributed by atoms with Crippen LogP contribution in [0.1, 0.15) is 5.56 Å². The topological polar surface area (TPSA) is 63.8 Å². The van der Waals surface area contributed by atoms with Crippen molar-refractivity contribution in [2.75, 3.05) is 11.1 Å². The molecular weight excluding hydrogens is 207 g/mol. The number of anilines is 2. The van der Waals surface area contributed by atoms with Gasteiger partial charge in [-0.3, -0.25) is 0 Å². The van der Waals surface area contributed by atoms with Gasteiger partial charge in [0.05, 0.1) is 11.4 Å². The normalized spacial score (nSPS) is 10.1. The fourth-order valence-electron chi connectivity index (χ4n) is 1.31. The number of benzene rings is 1. The van der Waals surface area contributed by atoms with E-state index < -0.39 is 5.82 Å². The Morgan fingerprint density at radius 2 is 2.00 bits per heavy atom. The molecule has 0 aliphatic carbocycles. The molecule has 0 saturated heterocycles. The molecule has 16 heavy (non-hydrogen) atoms. The van der Waals surface area contributed by atoms with Crippen molar-refractivity contribution < 1.29 is 4.39 Å². The van der Waals surface area contributed by atoms with Crippen LogP contribution in [0, 0.1) is 5.82 Å². The standard InChI is InChI=1S/C11H11FN4/c12-9-2-1-3-10(11(9)13)16-6-8-4-14-7-15-5-8/h1-5,7,16H,6,13H2. The Hall–Kier alpha value is -2.17. The molecule has 0 amide bonds. The highest BCUT2D eigenvalue weighted by Gasteiger charge is 2.03. The molecule has 5 heteroatoms. The third kappa shape index (κ3) is 2.25. The number of nitrogens with one attached hydrogen (secondary N) is 1. The SMILES string of the molecule is Nc1c(F)cccc1NCc1cncnc1. The zero-order valence-electron chi connectivity index (χ0n) is 8.52. The van der Waals surface area contributed by atoms with E-state index in [1.54, 1.807) is 24.5 Å². The Labute approximate surface area is 92.3 Å². The number of halogens is 1. The summed E-state index contributed by atoms with van der Waals surface area (Å²) in [4.78, 5) is 7.76. The number of nitrogens with two attached hydrogens (primary N) is 1. The van der Waals surface area contributed by atoms with Crippen molar-refractivity contribution in [2.45, 2.75) is 6.54 Å². The van der Waals surface area contributed by atoms with Crippen molar-refractivity contribution in [3.63, 3.8) is 0 Å². The molecule has 4 nitrogen and oxygen atoms in total. The quantitative estimate of drug-likeness (QED) is 0.771. The van der Waals surface area contributed by atoms with Gasteiger partial charge in [0.1, 0.15) is 12.1 Å². The summed E-state index contributed by atoms with van der Waals surface area (Å²) >= 11 is 0. The van der Waals surface area contributed by atoms with Gasteiger partial charge in [0.2, 0.25) is 0 Å². The van der Waals surface area contributed by atoms with Crippen LogP contribution in [0.4, 0.5) is 15.8 Å². The van der Waals surface area contributed by atoms with Crippen LogP contribution in [0.2, 0.25) is 0 Å². The van der Waals surface area contributed by atoms with Crippen molar-refractivity contribution in [2.24, 2.45) is 0 Å². The molecule has 0 fully saturated rings. The van der Waals surface area contributed by atoms with Crippen LogP contribution in [-0.4, -0.2) is 9.97 Å². The average Bonchev–Trinajstić information content (AvgIpc) is 2.32. The molecule has 1 aromatic heterocycles. The zero-order valence-corrected chi connectivity index (χ0v) is 8.52. The maximum absolute atomic E-state index is 13.1. The van der Waals surface area contributed by atoms with Crippen molar-refractivity contribution in [1.29, 1.82) is 0 Å². The zero-order chi connectivity index (χ0) is 11.4. The minimum absolute atomic E-state index is 0.124. The summed E-state index contributed by atoms with van der Waals surface area (Å²) < 4.78 is 13.1. The van der Waals surface area contributed by atoms with Gasteiger partial charge in [-0.1, -0.05) is 6.07 Å². The fraction of sp³-hybridized carbons (Fsp3) is 0.0909. The number of hydrogen-bond donors (Lipinski definition) is 2. The molecule has 0 saturated carbocycles. The summed E-state index contributed by atoms with van der Waals surface area (Å²) in [6, 6.07) is 4.66. The van der Waals surface area contributed by atoms with Gasteiger partial charge < -0.3 is 11.1 Å².